The van der Waals surface area contributed by atoms with E-state index in [0.717, 1.165) is 0 Å². The molecule has 0 aliphatic rings. The van der Waals surface area contributed by atoms with Crippen LogP contribution in [-0.2, 0) is 28.7 Å². The Morgan fingerprint density at radius 1 is 0.647 bits per heavy atom. The van der Waals surface area contributed by atoms with Gasteiger partial charge in [-0.3, -0.25) is 29.0 Å². The van der Waals surface area contributed by atoms with Crippen LogP contribution in [0, 0.1) is 11.8 Å². The molecule has 0 aromatic carbocycles. The van der Waals surface area contributed by atoms with Crippen LogP contribution in [0.2, 0.25) is 0 Å². The Hall–Kier alpha value is -2.28. The molecular weight excluding hydrogens is 448 g/mol. The summed E-state index contributed by atoms with van der Waals surface area (Å²) in [6.07, 6.45) is 0. The summed E-state index contributed by atoms with van der Waals surface area (Å²) in [7, 11) is 0. The van der Waals surface area contributed by atoms with Crippen LogP contribution in [0.25, 0.3) is 0 Å². The Balaban J connectivity index is 4.14. The second-order valence-corrected chi connectivity index (χ2v) is 8.83. The summed E-state index contributed by atoms with van der Waals surface area (Å²) in [5.74, 6) is -1.91. The molecule has 12 heteroatoms. The van der Waals surface area contributed by atoms with Crippen LogP contribution >= 0.6 is 0 Å². The Kier molecular flexibility index (Phi) is 17.8. The fourth-order valence-corrected chi connectivity index (χ4v) is 2.67. The second kappa shape index (κ2) is 19.1. The van der Waals surface area contributed by atoms with Gasteiger partial charge in [-0.2, -0.15) is 0 Å². The quantitative estimate of drug-likeness (QED) is 0.152. The van der Waals surface area contributed by atoms with Gasteiger partial charge < -0.3 is 30.3 Å². The number of carbonyl (C=O) groups excluding carboxylic acids is 2. The second-order valence-electron chi connectivity index (χ2n) is 8.83. The minimum Gasteiger partial charge on any atom is -0.480 e. The molecule has 0 saturated heterocycles. The highest BCUT2D eigenvalue weighted by Gasteiger charge is 2.15. The predicted octanol–water partition coefficient (Wildman–Crippen LogP) is -0.663. The lowest BCUT2D eigenvalue weighted by Gasteiger charge is -2.21. The first-order chi connectivity index (χ1) is 16.0. The lowest BCUT2D eigenvalue weighted by molar-refractivity contribution is -0.140. The fraction of sp³-hybridized carbons (Fsp3) is 0.818. The summed E-state index contributed by atoms with van der Waals surface area (Å²) in [6, 6.07) is 0. The molecular formula is C22H42N4O8. The number of carbonyl (C=O) groups is 4. The van der Waals surface area contributed by atoms with Crippen LogP contribution in [-0.4, -0.2) is 123 Å². The zero-order chi connectivity index (χ0) is 25.9. The zero-order valence-corrected chi connectivity index (χ0v) is 20.9. The van der Waals surface area contributed by atoms with Crippen molar-refractivity contribution in [2.24, 2.45) is 11.8 Å². The van der Waals surface area contributed by atoms with Gasteiger partial charge in [0.2, 0.25) is 11.8 Å². The van der Waals surface area contributed by atoms with E-state index in [0.29, 0.717) is 24.9 Å². The lowest BCUT2D eigenvalue weighted by Crippen LogP contribution is -2.42. The van der Waals surface area contributed by atoms with Crippen LogP contribution in [0.15, 0.2) is 0 Å². The number of hydrogen-bond acceptors (Lipinski definition) is 8. The molecule has 0 radical (unpaired) electrons. The van der Waals surface area contributed by atoms with Crippen LogP contribution in [0.1, 0.15) is 27.7 Å². The maximum absolute atomic E-state index is 11.9. The van der Waals surface area contributed by atoms with Gasteiger partial charge >= 0.3 is 11.9 Å². The molecule has 0 aromatic rings. The van der Waals surface area contributed by atoms with Gasteiger partial charge in [-0.05, 0) is 11.8 Å². The maximum Gasteiger partial charge on any atom is 0.317 e. The summed E-state index contributed by atoms with van der Waals surface area (Å²) in [6.45, 7) is 9.90. The highest BCUT2D eigenvalue weighted by molar-refractivity contribution is 5.79. The molecule has 4 N–H and O–H groups in total. The van der Waals surface area contributed by atoms with Crippen molar-refractivity contribution in [3.8, 4) is 0 Å². The molecule has 0 aliphatic heterocycles. The Morgan fingerprint density at radius 3 is 1.29 bits per heavy atom. The van der Waals surface area contributed by atoms with E-state index >= 15 is 0 Å². The van der Waals surface area contributed by atoms with Crippen molar-refractivity contribution in [3.05, 3.63) is 0 Å². The van der Waals surface area contributed by atoms with Gasteiger partial charge in [0.25, 0.3) is 0 Å². The standard InChI is InChI=1S/C22H42N4O8/c1-17(2)11-23-19(27)13-25(15-21(29)30)5-7-33-9-10-34-8-6-26(16-22(31)32)14-20(28)24-12-18(3)4/h17-18H,5-16H2,1-4H3,(H,23,27)(H,24,28)(H,29,30)(H,31,32). The van der Waals surface area contributed by atoms with E-state index in [-0.39, 0.29) is 77.5 Å². The topological polar surface area (TPSA) is 158 Å². The third kappa shape index (κ3) is 20.3. The van der Waals surface area contributed by atoms with Gasteiger partial charge in [-0.1, -0.05) is 27.7 Å². The van der Waals surface area contributed by atoms with E-state index in [1.54, 1.807) is 0 Å². The van der Waals surface area contributed by atoms with Gasteiger partial charge in [0.15, 0.2) is 0 Å². The van der Waals surface area contributed by atoms with E-state index in [4.69, 9.17) is 19.7 Å². The molecule has 0 bridgehead atoms. The van der Waals surface area contributed by atoms with E-state index < -0.39 is 11.9 Å². The first-order valence-corrected chi connectivity index (χ1v) is 11.6. The van der Waals surface area contributed by atoms with Crippen molar-refractivity contribution in [1.29, 1.82) is 0 Å². The molecule has 0 heterocycles. The molecule has 0 unspecified atom stereocenters. The van der Waals surface area contributed by atoms with Crippen LogP contribution in [0.5, 0.6) is 0 Å². The number of nitrogens with one attached hydrogen (secondary N) is 2. The highest BCUT2D eigenvalue weighted by atomic mass is 16.5. The highest BCUT2D eigenvalue weighted by Crippen LogP contribution is 1.94. The zero-order valence-electron chi connectivity index (χ0n) is 20.9. The van der Waals surface area contributed by atoms with Crippen LogP contribution in [0.3, 0.4) is 0 Å². The monoisotopic (exact) mass is 490 g/mol. The molecule has 2 amide bonds. The summed E-state index contributed by atoms with van der Waals surface area (Å²) in [4.78, 5) is 48.9. The van der Waals surface area contributed by atoms with E-state index in [9.17, 15) is 19.2 Å². The number of ether oxygens (including phenoxy) is 2. The van der Waals surface area contributed by atoms with Crippen molar-refractivity contribution < 1.29 is 38.9 Å². The summed E-state index contributed by atoms with van der Waals surface area (Å²) in [5.41, 5.74) is 0. The number of rotatable bonds is 21. The molecule has 0 rings (SSSR count). The van der Waals surface area contributed by atoms with Gasteiger partial charge in [-0.15, -0.1) is 0 Å². The first kappa shape index (κ1) is 31.7. The lowest BCUT2D eigenvalue weighted by atomic mass is 10.2. The molecule has 198 valence electrons. The number of hydrogen-bond donors (Lipinski definition) is 4. The molecule has 12 nitrogen and oxygen atoms in total. The fourth-order valence-electron chi connectivity index (χ4n) is 2.67. The largest absolute Gasteiger partial charge is 0.480 e. The predicted molar refractivity (Wildman–Crippen MR) is 125 cm³/mol. The first-order valence-electron chi connectivity index (χ1n) is 11.6. The number of amides is 2. The van der Waals surface area contributed by atoms with Crippen molar-refractivity contribution in [3.63, 3.8) is 0 Å². The molecule has 0 atom stereocenters. The Bertz CT molecular complexity index is 564. The minimum absolute atomic E-state index is 0.0248. The summed E-state index contributed by atoms with van der Waals surface area (Å²) < 4.78 is 10.9. The maximum atomic E-state index is 11.9. The number of nitrogens with zero attached hydrogens (tertiary/aromatic N) is 2. The van der Waals surface area contributed by atoms with Gasteiger partial charge in [0.05, 0.1) is 52.6 Å². The minimum atomic E-state index is -1.02. The number of carboxylic acids is 2. The van der Waals surface area contributed by atoms with Crippen molar-refractivity contribution in [2.75, 3.05) is 78.8 Å². The Labute approximate surface area is 201 Å². The molecule has 0 saturated carbocycles. The molecule has 0 spiro atoms. The summed E-state index contributed by atoms with van der Waals surface area (Å²) >= 11 is 0. The van der Waals surface area contributed by atoms with Crippen molar-refractivity contribution in [1.82, 2.24) is 20.4 Å². The van der Waals surface area contributed by atoms with Gasteiger partial charge in [0, 0.05) is 26.2 Å². The summed E-state index contributed by atoms with van der Waals surface area (Å²) in [5, 5.41) is 23.6. The van der Waals surface area contributed by atoms with E-state index in [1.165, 1.54) is 9.80 Å². The number of carboxylic acid groups (broad SMARTS) is 2. The van der Waals surface area contributed by atoms with E-state index in [2.05, 4.69) is 10.6 Å². The third-order valence-electron chi connectivity index (χ3n) is 4.34. The number of aliphatic carboxylic acids is 2. The molecule has 0 aromatic heterocycles. The van der Waals surface area contributed by atoms with E-state index in [1.807, 2.05) is 27.7 Å². The average Bonchev–Trinajstić information content (AvgIpc) is 2.71. The molecule has 34 heavy (non-hydrogen) atoms. The SMILES string of the molecule is CC(C)CNC(=O)CN(CCOCCOCCN(CC(=O)O)CC(=O)NCC(C)C)CC(=O)O. The normalized spacial score (nSPS) is 11.4. The van der Waals surface area contributed by atoms with Crippen molar-refractivity contribution >= 4 is 23.8 Å². The smallest absolute Gasteiger partial charge is 0.317 e. The Morgan fingerprint density at radius 2 is 1.00 bits per heavy atom. The average molecular weight is 491 g/mol. The molecule has 0 fully saturated rings. The van der Waals surface area contributed by atoms with Crippen LogP contribution in [0.4, 0.5) is 0 Å². The van der Waals surface area contributed by atoms with Gasteiger partial charge in [-0.25, -0.2) is 0 Å². The van der Waals surface area contributed by atoms with Gasteiger partial charge in [0.1, 0.15) is 0 Å². The molecule has 0 aliphatic carbocycles. The van der Waals surface area contributed by atoms with Crippen LogP contribution < -0.4 is 10.6 Å². The third-order valence-corrected chi connectivity index (χ3v) is 4.34. The van der Waals surface area contributed by atoms with Crippen molar-refractivity contribution in [2.45, 2.75) is 27.7 Å².